The first-order chi connectivity index (χ1) is 12.3. The van der Waals surface area contributed by atoms with Crippen LogP contribution in [0.25, 0.3) is 16.7 Å². The number of carbonyl (C=O) groups is 1. The molecule has 9 nitrogen and oxygen atoms in total. The Morgan fingerprint density at radius 3 is 2.69 bits per heavy atom. The molecular weight excluding hydrogens is 340 g/mol. The molecule has 0 saturated carbocycles. The van der Waals surface area contributed by atoms with E-state index in [0.29, 0.717) is 16.6 Å². The topological polar surface area (TPSA) is 120 Å². The molecule has 0 aliphatic rings. The van der Waals surface area contributed by atoms with E-state index < -0.39 is 10.9 Å². The molecule has 0 saturated heterocycles. The van der Waals surface area contributed by atoms with Gasteiger partial charge in [0.2, 0.25) is 0 Å². The maximum atomic E-state index is 11.5. The number of hydrogen-bond acceptors (Lipinski definition) is 7. The summed E-state index contributed by atoms with van der Waals surface area (Å²) in [4.78, 5) is 23.0. The highest BCUT2D eigenvalue weighted by molar-refractivity contribution is 5.86. The van der Waals surface area contributed by atoms with Crippen molar-refractivity contribution in [1.82, 2.24) is 15.0 Å². The monoisotopic (exact) mass is 354 g/mol. The van der Waals surface area contributed by atoms with Crippen LogP contribution >= 0.6 is 0 Å². The molecule has 1 aromatic heterocycles. The summed E-state index contributed by atoms with van der Waals surface area (Å²) in [7, 11) is 0. The van der Waals surface area contributed by atoms with Crippen LogP contribution < -0.4 is 0 Å². The van der Waals surface area contributed by atoms with Gasteiger partial charge < -0.3 is 9.84 Å². The smallest absolute Gasteiger partial charge is 0.333 e. The maximum Gasteiger partial charge on any atom is 0.333 e. The minimum atomic E-state index is -0.521. The predicted octanol–water partition coefficient (Wildman–Crippen LogP) is 2.65. The number of phenols is 1. The lowest BCUT2D eigenvalue weighted by Crippen LogP contribution is -2.06. The molecule has 9 heteroatoms. The standard InChI is InChI=1S/C17H14N4O5/c1-10(2)17(23)26-9-11-3-6-16(22)15(7-11)20-18-13-5-4-12(21(24)25)8-14(13)19-20/h3-8,22H,1,9H2,2H3. The molecule has 0 amide bonds. The van der Waals surface area contributed by atoms with Crippen molar-refractivity contribution in [3.63, 3.8) is 0 Å². The molecule has 1 heterocycles. The van der Waals surface area contributed by atoms with Crippen LogP contribution in [0.1, 0.15) is 12.5 Å². The quantitative estimate of drug-likeness (QED) is 0.323. The third-order valence-electron chi connectivity index (χ3n) is 3.55. The van der Waals surface area contributed by atoms with Crippen molar-refractivity contribution in [3.05, 3.63) is 64.2 Å². The summed E-state index contributed by atoms with van der Waals surface area (Å²) in [6, 6.07) is 8.69. The fraction of sp³-hybridized carbons (Fsp3) is 0.118. The van der Waals surface area contributed by atoms with Crippen molar-refractivity contribution < 1.29 is 19.6 Å². The van der Waals surface area contributed by atoms with E-state index in [0.717, 1.165) is 0 Å². The van der Waals surface area contributed by atoms with Gasteiger partial charge in [-0.2, -0.15) is 0 Å². The zero-order valence-corrected chi connectivity index (χ0v) is 13.7. The Morgan fingerprint density at radius 2 is 2.00 bits per heavy atom. The largest absolute Gasteiger partial charge is 0.506 e. The summed E-state index contributed by atoms with van der Waals surface area (Å²) >= 11 is 0. The lowest BCUT2D eigenvalue weighted by Gasteiger charge is -2.08. The fourth-order valence-electron chi connectivity index (χ4n) is 2.22. The van der Waals surface area contributed by atoms with Gasteiger partial charge in [-0.1, -0.05) is 12.6 Å². The Morgan fingerprint density at radius 1 is 1.27 bits per heavy atom. The molecule has 0 unspecified atom stereocenters. The fourth-order valence-corrected chi connectivity index (χ4v) is 2.22. The maximum absolute atomic E-state index is 11.5. The molecule has 2 aromatic carbocycles. The van der Waals surface area contributed by atoms with E-state index in [-0.39, 0.29) is 29.3 Å². The Hall–Kier alpha value is -3.75. The van der Waals surface area contributed by atoms with Crippen LogP contribution in [0.2, 0.25) is 0 Å². The lowest BCUT2D eigenvalue weighted by atomic mass is 10.2. The first-order valence-corrected chi connectivity index (χ1v) is 7.51. The molecule has 0 radical (unpaired) electrons. The molecule has 0 bridgehead atoms. The van der Waals surface area contributed by atoms with Gasteiger partial charge in [-0.3, -0.25) is 10.1 Å². The van der Waals surface area contributed by atoms with Crippen LogP contribution in [0.5, 0.6) is 5.75 Å². The molecule has 26 heavy (non-hydrogen) atoms. The average Bonchev–Trinajstić information content (AvgIpc) is 3.03. The highest BCUT2D eigenvalue weighted by atomic mass is 16.6. The molecular formula is C17H14N4O5. The Labute approximate surface area is 147 Å². The van der Waals surface area contributed by atoms with Crippen LogP contribution in [0.15, 0.2) is 48.6 Å². The van der Waals surface area contributed by atoms with Crippen LogP contribution in [0.3, 0.4) is 0 Å². The second-order valence-electron chi connectivity index (χ2n) is 5.60. The number of aromatic hydroxyl groups is 1. The van der Waals surface area contributed by atoms with Crippen molar-refractivity contribution in [1.29, 1.82) is 0 Å². The average molecular weight is 354 g/mol. The first kappa shape index (κ1) is 17.1. The van der Waals surface area contributed by atoms with E-state index in [1.165, 1.54) is 29.1 Å². The molecule has 0 aliphatic heterocycles. The highest BCUT2D eigenvalue weighted by Gasteiger charge is 2.14. The number of benzene rings is 2. The van der Waals surface area contributed by atoms with E-state index in [1.54, 1.807) is 19.1 Å². The van der Waals surface area contributed by atoms with Crippen molar-refractivity contribution in [2.45, 2.75) is 13.5 Å². The Bertz CT molecular complexity index is 1040. The molecule has 3 aromatic rings. The van der Waals surface area contributed by atoms with E-state index in [2.05, 4.69) is 16.8 Å². The molecule has 0 spiro atoms. The normalized spacial score (nSPS) is 10.7. The zero-order chi connectivity index (χ0) is 18.8. The summed E-state index contributed by atoms with van der Waals surface area (Å²) in [6.07, 6.45) is 0. The number of phenolic OH excluding ortho intramolecular Hbond substituents is 1. The van der Waals surface area contributed by atoms with Crippen molar-refractivity contribution in [2.24, 2.45) is 0 Å². The zero-order valence-electron chi connectivity index (χ0n) is 13.7. The summed E-state index contributed by atoms with van der Waals surface area (Å²) in [5, 5.41) is 29.3. The van der Waals surface area contributed by atoms with Gasteiger partial charge in [0, 0.05) is 17.7 Å². The summed E-state index contributed by atoms with van der Waals surface area (Å²) in [6.45, 7) is 5.04. The minimum Gasteiger partial charge on any atom is -0.506 e. The van der Waals surface area contributed by atoms with E-state index in [9.17, 15) is 20.0 Å². The third-order valence-corrected chi connectivity index (χ3v) is 3.55. The molecule has 3 rings (SSSR count). The second-order valence-corrected chi connectivity index (χ2v) is 5.60. The first-order valence-electron chi connectivity index (χ1n) is 7.51. The molecule has 1 N–H and O–H groups in total. The Balaban J connectivity index is 1.94. The van der Waals surface area contributed by atoms with E-state index in [4.69, 9.17) is 4.74 Å². The van der Waals surface area contributed by atoms with Crippen LogP contribution in [0, 0.1) is 10.1 Å². The number of esters is 1. The molecule has 0 fully saturated rings. The van der Waals surface area contributed by atoms with Gasteiger partial charge in [0.1, 0.15) is 29.1 Å². The van der Waals surface area contributed by atoms with Gasteiger partial charge in [-0.15, -0.1) is 15.0 Å². The molecule has 0 atom stereocenters. The highest BCUT2D eigenvalue weighted by Crippen LogP contribution is 2.25. The summed E-state index contributed by atoms with van der Waals surface area (Å²) in [5.74, 6) is -0.607. The number of fused-ring (bicyclic) bond motifs is 1. The van der Waals surface area contributed by atoms with Gasteiger partial charge in [-0.05, 0) is 30.7 Å². The van der Waals surface area contributed by atoms with Gasteiger partial charge in [0.15, 0.2) is 0 Å². The van der Waals surface area contributed by atoms with Crippen molar-refractivity contribution in [3.8, 4) is 11.4 Å². The van der Waals surface area contributed by atoms with Crippen LogP contribution in [-0.4, -0.2) is 31.0 Å². The van der Waals surface area contributed by atoms with Crippen LogP contribution in [-0.2, 0) is 16.1 Å². The van der Waals surface area contributed by atoms with Crippen molar-refractivity contribution in [2.75, 3.05) is 0 Å². The molecule has 132 valence electrons. The number of rotatable bonds is 5. The Kier molecular flexibility index (Phi) is 4.36. The van der Waals surface area contributed by atoms with Gasteiger partial charge in [0.25, 0.3) is 5.69 Å². The van der Waals surface area contributed by atoms with Crippen LogP contribution in [0.4, 0.5) is 5.69 Å². The number of nitro groups is 1. The lowest BCUT2D eigenvalue weighted by molar-refractivity contribution is -0.384. The van der Waals surface area contributed by atoms with E-state index >= 15 is 0 Å². The number of aromatic nitrogens is 3. The number of nitrogens with zero attached hydrogens (tertiary/aromatic N) is 4. The number of nitro benzene ring substituents is 1. The van der Waals surface area contributed by atoms with Crippen molar-refractivity contribution >= 4 is 22.7 Å². The second kappa shape index (κ2) is 6.63. The van der Waals surface area contributed by atoms with E-state index in [1.807, 2.05) is 0 Å². The number of hydrogen-bond donors (Lipinski definition) is 1. The SMILES string of the molecule is C=C(C)C(=O)OCc1ccc(O)c(-n2nc3ccc([N+](=O)[O-])cc3n2)c1. The number of carbonyl (C=O) groups excluding carboxylic acids is 1. The van der Waals surface area contributed by atoms with Gasteiger partial charge >= 0.3 is 5.97 Å². The predicted molar refractivity (Wildman–Crippen MR) is 91.8 cm³/mol. The third kappa shape index (κ3) is 3.36. The number of non-ortho nitro benzene ring substituents is 1. The molecule has 0 aliphatic carbocycles. The number of ether oxygens (including phenoxy) is 1. The minimum absolute atomic E-state index is 0.00870. The van der Waals surface area contributed by atoms with Gasteiger partial charge in [0.05, 0.1) is 4.92 Å². The van der Waals surface area contributed by atoms with Gasteiger partial charge in [-0.25, -0.2) is 4.79 Å². The summed E-state index contributed by atoms with van der Waals surface area (Å²) in [5.41, 5.74) is 1.80. The summed E-state index contributed by atoms with van der Waals surface area (Å²) < 4.78 is 5.08.